The Hall–Kier alpha value is -2.92. The lowest BCUT2D eigenvalue weighted by molar-refractivity contribution is -0.384. The fraction of sp³-hybridized carbons (Fsp3) is 0.188. The van der Waals surface area contributed by atoms with E-state index in [-0.39, 0.29) is 35.3 Å². The Morgan fingerprint density at radius 1 is 1.25 bits per heavy atom. The summed E-state index contributed by atoms with van der Waals surface area (Å²) in [5.41, 5.74) is -0.0366. The highest BCUT2D eigenvalue weighted by molar-refractivity contribution is 7.86. The molecule has 2 aromatic rings. The first-order valence-electron chi connectivity index (χ1n) is 7.83. The zero-order valence-corrected chi connectivity index (χ0v) is 15.8. The predicted octanol–water partition coefficient (Wildman–Crippen LogP) is 3.50. The number of hydrogen-bond acceptors (Lipinski definition) is 6. The summed E-state index contributed by atoms with van der Waals surface area (Å²) < 4.78 is 40.0. The van der Waals surface area contributed by atoms with Gasteiger partial charge in [0, 0.05) is 24.4 Å². The Morgan fingerprint density at radius 3 is 2.64 bits per heavy atom. The standard InChI is InChI=1S/C16H15ClFN3O6S/c17-14-10-12(21(23)24)5-6-15(14)27-8-2-7-19-16(22)20-11-3-1-4-13(9-11)28(18,25)26/h1,3-6,9-10H,2,7-8H2,(H2,19,20,22). The van der Waals surface area contributed by atoms with Gasteiger partial charge in [-0.2, -0.15) is 8.42 Å². The number of nitro benzene ring substituents is 1. The van der Waals surface area contributed by atoms with Gasteiger partial charge in [-0.05, 0) is 30.7 Å². The van der Waals surface area contributed by atoms with Crippen LogP contribution in [-0.4, -0.2) is 32.5 Å². The van der Waals surface area contributed by atoms with E-state index in [1.165, 1.54) is 30.3 Å². The van der Waals surface area contributed by atoms with Crippen LogP contribution in [0, 0.1) is 10.1 Å². The number of rotatable bonds is 8. The number of carbonyl (C=O) groups is 1. The minimum absolute atomic E-state index is 0.0996. The predicted molar refractivity (Wildman–Crippen MR) is 100.0 cm³/mol. The Kier molecular flexibility index (Phi) is 7.12. The molecule has 12 heteroatoms. The van der Waals surface area contributed by atoms with E-state index in [2.05, 4.69) is 10.6 Å². The van der Waals surface area contributed by atoms with Gasteiger partial charge in [0.05, 0.1) is 16.6 Å². The Morgan fingerprint density at radius 2 is 2.00 bits per heavy atom. The van der Waals surface area contributed by atoms with Crippen LogP contribution < -0.4 is 15.4 Å². The van der Waals surface area contributed by atoms with Crippen molar-refractivity contribution in [2.75, 3.05) is 18.5 Å². The van der Waals surface area contributed by atoms with Crippen LogP contribution in [0.3, 0.4) is 0 Å². The second kappa shape index (κ2) is 9.33. The summed E-state index contributed by atoms with van der Waals surface area (Å²) in [7, 11) is -4.86. The van der Waals surface area contributed by atoms with Crippen molar-refractivity contribution in [1.29, 1.82) is 0 Å². The van der Waals surface area contributed by atoms with Crippen molar-refractivity contribution >= 4 is 39.2 Å². The van der Waals surface area contributed by atoms with E-state index in [1.807, 2.05) is 0 Å². The van der Waals surface area contributed by atoms with Crippen LogP contribution >= 0.6 is 11.6 Å². The molecule has 0 aromatic heterocycles. The highest BCUT2D eigenvalue weighted by Crippen LogP contribution is 2.28. The summed E-state index contributed by atoms with van der Waals surface area (Å²) in [5, 5.41) is 15.6. The molecular formula is C16H15ClFN3O6S. The molecule has 0 aliphatic rings. The summed E-state index contributed by atoms with van der Waals surface area (Å²) in [4.78, 5) is 21.3. The van der Waals surface area contributed by atoms with Crippen molar-refractivity contribution in [2.45, 2.75) is 11.3 Å². The van der Waals surface area contributed by atoms with E-state index in [0.717, 1.165) is 12.1 Å². The van der Waals surface area contributed by atoms with Gasteiger partial charge in [0.1, 0.15) is 10.6 Å². The fourth-order valence-electron chi connectivity index (χ4n) is 2.08. The molecule has 2 rings (SSSR count). The fourth-order valence-corrected chi connectivity index (χ4v) is 2.82. The van der Waals surface area contributed by atoms with Gasteiger partial charge in [-0.25, -0.2) is 4.79 Å². The monoisotopic (exact) mass is 431 g/mol. The van der Waals surface area contributed by atoms with Crippen molar-refractivity contribution in [1.82, 2.24) is 5.32 Å². The van der Waals surface area contributed by atoms with Crippen LogP contribution in [0.2, 0.25) is 5.02 Å². The average molecular weight is 432 g/mol. The number of nitrogens with zero attached hydrogens (tertiary/aromatic N) is 1. The summed E-state index contributed by atoms with van der Waals surface area (Å²) in [6.07, 6.45) is 0.402. The molecule has 150 valence electrons. The largest absolute Gasteiger partial charge is 0.492 e. The molecule has 0 bridgehead atoms. The number of ether oxygens (including phenoxy) is 1. The smallest absolute Gasteiger partial charge is 0.332 e. The lowest BCUT2D eigenvalue weighted by atomic mass is 10.3. The minimum Gasteiger partial charge on any atom is -0.492 e. The zero-order valence-electron chi connectivity index (χ0n) is 14.2. The average Bonchev–Trinajstić information content (AvgIpc) is 2.62. The molecule has 28 heavy (non-hydrogen) atoms. The number of carbonyl (C=O) groups excluding carboxylic acids is 1. The van der Waals surface area contributed by atoms with Crippen molar-refractivity contribution in [3.63, 3.8) is 0 Å². The van der Waals surface area contributed by atoms with Gasteiger partial charge in [0.2, 0.25) is 0 Å². The van der Waals surface area contributed by atoms with Crippen LogP contribution in [0.15, 0.2) is 47.4 Å². The molecule has 0 atom stereocenters. The van der Waals surface area contributed by atoms with Crippen molar-refractivity contribution in [3.8, 4) is 5.75 Å². The number of anilines is 1. The third-order valence-corrected chi connectivity index (χ3v) is 4.48. The van der Waals surface area contributed by atoms with Crippen molar-refractivity contribution in [3.05, 3.63) is 57.6 Å². The maximum atomic E-state index is 12.9. The molecule has 0 radical (unpaired) electrons. The number of urea groups is 1. The Balaban J connectivity index is 1.75. The number of amides is 2. The maximum absolute atomic E-state index is 12.9. The first-order valence-corrected chi connectivity index (χ1v) is 9.59. The molecular weight excluding hydrogens is 417 g/mol. The maximum Gasteiger partial charge on any atom is 0.332 e. The normalized spacial score (nSPS) is 10.9. The van der Waals surface area contributed by atoms with Crippen LogP contribution in [-0.2, 0) is 10.2 Å². The lowest BCUT2D eigenvalue weighted by Crippen LogP contribution is -2.30. The molecule has 0 spiro atoms. The molecule has 0 aliphatic carbocycles. The van der Waals surface area contributed by atoms with E-state index >= 15 is 0 Å². The molecule has 0 heterocycles. The first-order chi connectivity index (χ1) is 13.2. The van der Waals surface area contributed by atoms with Gasteiger partial charge in [0.15, 0.2) is 0 Å². The topological polar surface area (TPSA) is 128 Å². The van der Waals surface area contributed by atoms with Crippen LogP contribution in [0.25, 0.3) is 0 Å². The molecule has 0 unspecified atom stereocenters. The third kappa shape index (κ3) is 6.35. The van der Waals surface area contributed by atoms with Crippen LogP contribution in [0.5, 0.6) is 5.75 Å². The van der Waals surface area contributed by atoms with E-state index in [1.54, 1.807) is 0 Å². The highest BCUT2D eigenvalue weighted by Gasteiger charge is 2.13. The van der Waals surface area contributed by atoms with Gasteiger partial charge in [0.25, 0.3) is 5.69 Å². The second-order valence-corrected chi connectivity index (χ2v) is 7.17. The third-order valence-electron chi connectivity index (χ3n) is 3.36. The first kappa shape index (κ1) is 21.4. The van der Waals surface area contributed by atoms with E-state index in [9.17, 15) is 27.2 Å². The van der Waals surface area contributed by atoms with E-state index in [0.29, 0.717) is 6.42 Å². The molecule has 2 amide bonds. The molecule has 0 saturated carbocycles. The molecule has 0 saturated heterocycles. The van der Waals surface area contributed by atoms with Gasteiger partial charge >= 0.3 is 16.3 Å². The molecule has 0 fully saturated rings. The van der Waals surface area contributed by atoms with Gasteiger partial charge in [-0.1, -0.05) is 17.7 Å². The minimum atomic E-state index is -4.86. The number of nitrogens with one attached hydrogen (secondary N) is 2. The molecule has 2 N–H and O–H groups in total. The second-order valence-electron chi connectivity index (χ2n) is 5.42. The SMILES string of the molecule is O=C(NCCCOc1ccc([N+](=O)[O-])cc1Cl)Nc1cccc(S(=O)(=O)F)c1. The summed E-state index contributed by atoms with van der Waals surface area (Å²) in [6.45, 7) is 0.408. The summed E-state index contributed by atoms with van der Waals surface area (Å²) in [5.74, 6) is 0.279. The van der Waals surface area contributed by atoms with E-state index in [4.69, 9.17) is 16.3 Å². The quantitative estimate of drug-likeness (QED) is 0.285. The molecule has 9 nitrogen and oxygen atoms in total. The summed E-state index contributed by atoms with van der Waals surface area (Å²) in [6, 6.07) is 7.98. The number of non-ortho nitro benzene ring substituents is 1. The molecule has 2 aromatic carbocycles. The zero-order chi connectivity index (χ0) is 20.7. The van der Waals surface area contributed by atoms with Crippen LogP contribution in [0.4, 0.5) is 20.1 Å². The molecule has 0 aliphatic heterocycles. The highest BCUT2D eigenvalue weighted by atomic mass is 35.5. The van der Waals surface area contributed by atoms with E-state index < -0.39 is 26.1 Å². The van der Waals surface area contributed by atoms with Crippen molar-refractivity contribution in [2.24, 2.45) is 0 Å². The van der Waals surface area contributed by atoms with Gasteiger partial charge < -0.3 is 15.4 Å². The van der Waals surface area contributed by atoms with Gasteiger partial charge in [-0.3, -0.25) is 10.1 Å². The number of benzene rings is 2. The number of halogens is 2. The Bertz CT molecular complexity index is 986. The van der Waals surface area contributed by atoms with Crippen molar-refractivity contribution < 1.29 is 26.8 Å². The lowest BCUT2D eigenvalue weighted by Gasteiger charge is -2.10. The van der Waals surface area contributed by atoms with Gasteiger partial charge in [-0.15, -0.1) is 3.89 Å². The Labute approximate surface area is 164 Å². The number of hydrogen-bond donors (Lipinski definition) is 2. The summed E-state index contributed by atoms with van der Waals surface area (Å²) >= 11 is 5.89. The van der Waals surface area contributed by atoms with Crippen LogP contribution in [0.1, 0.15) is 6.42 Å². The number of nitro groups is 1.